The lowest BCUT2D eigenvalue weighted by atomic mass is 9.93. The first-order valence-electron chi connectivity index (χ1n) is 15.9. The van der Waals surface area contributed by atoms with Crippen LogP contribution in [-0.4, -0.2) is 8.07 Å². The Balaban J connectivity index is 1.39. The van der Waals surface area contributed by atoms with E-state index in [9.17, 15) is 0 Å². The molecule has 0 spiro atoms. The number of hydrogen-bond acceptors (Lipinski definition) is 2. The van der Waals surface area contributed by atoms with Gasteiger partial charge < -0.3 is 9.32 Å². The van der Waals surface area contributed by atoms with Crippen molar-refractivity contribution in [2.45, 2.75) is 19.6 Å². The second-order valence-corrected chi connectivity index (χ2v) is 18.1. The van der Waals surface area contributed by atoms with Gasteiger partial charge in [-0.25, -0.2) is 0 Å². The van der Waals surface area contributed by atoms with Crippen molar-refractivity contribution in [3.63, 3.8) is 0 Å². The summed E-state index contributed by atoms with van der Waals surface area (Å²) in [4.78, 5) is 2.41. The molecular weight excluding hydrogens is 575 g/mol. The Hall–Kier alpha value is -5.38. The quantitative estimate of drug-likeness (QED) is 0.174. The SMILES string of the molecule is C[Si](C)(C)c1ccc(N(c2ccc3ccccc3c2)c2ccccc2-c2ccc(-c3ccccc3)c3oc4ccccc4c23)cc1. The molecule has 3 heteroatoms. The van der Waals surface area contributed by atoms with Crippen molar-refractivity contribution in [3.8, 4) is 22.3 Å². The predicted molar refractivity (Wildman–Crippen MR) is 200 cm³/mol. The molecule has 0 N–H and O–H groups in total. The third kappa shape index (κ3) is 4.90. The van der Waals surface area contributed by atoms with Crippen LogP contribution < -0.4 is 10.1 Å². The molecule has 8 rings (SSSR count). The van der Waals surface area contributed by atoms with Crippen molar-refractivity contribution in [1.82, 2.24) is 0 Å². The van der Waals surface area contributed by atoms with Gasteiger partial charge in [0.15, 0.2) is 0 Å². The normalized spacial score (nSPS) is 11.8. The average Bonchev–Trinajstić information content (AvgIpc) is 3.48. The summed E-state index contributed by atoms with van der Waals surface area (Å²) in [6, 6.07) is 56.8. The van der Waals surface area contributed by atoms with Crippen LogP contribution >= 0.6 is 0 Å². The first kappa shape index (κ1) is 28.1. The molecule has 7 aromatic carbocycles. The number of hydrogen-bond donors (Lipinski definition) is 0. The predicted octanol–water partition coefficient (Wildman–Crippen LogP) is 12.1. The summed E-state index contributed by atoms with van der Waals surface area (Å²) >= 11 is 0. The third-order valence-electron chi connectivity index (χ3n) is 9.03. The van der Waals surface area contributed by atoms with Crippen molar-refractivity contribution in [1.29, 1.82) is 0 Å². The molecular formula is C43H35NOSi. The van der Waals surface area contributed by atoms with E-state index in [0.29, 0.717) is 0 Å². The van der Waals surface area contributed by atoms with E-state index in [0.717, 1.165) is 61.3 Å². The number of furan rings is 1. The minimum Gasteiger partial charge on any atom is -0.455 e. The van der Waals surface area contributed by atoms with Crippen molar-refractivity contribution >= 4 is 63.0 Å². The standard InChI is InChI=1S/C43H35NOSi/c1-46(2,3)35-25-23-33(24-26-35)44(34-22-21-30-13-7-8-16-32(30)29-34)40-19-11-9-17-37(40)38-28-27-36(31-14-5-4-6-15-31)43-42(38)39-18-10-12-20-41(39)45-43/h4-29H,1-3H3. The minimum atomic E-state index is -1.46. The summed E-state index contributed by atoms with van der Waals surface area (Å²) < 4.78 is 6.65. The van der Waals surface area contributed by atoms with E-state index in [1.807, 2.05) is 6.07 Å². The zero-order valence-corrected chi connectivity index (χ0v) is 27.4. The molecule has 0 bridgehead atoms. The summed E-state index contributed by atoms with van der Waals surface area (Å²) in [5.41, 5.74) is 9.75. The lowest BCUT2D eigenvalue weighted by Crippen LogP contribution is -2.37. The lowest BCUT2D eigenvalue weighted by Gasteiger charge is -2.29. The average molecular weight is 610 g/mol. The Morgan fingerprint density at radius 3 is 1.96 bits per heavy atom. The molecule has 0 aliphatic carbocycles. The number of rotatable bonds is 6. The summed E-state index contributed by atoms with van der Waals surface area (Å²) in [5.74, 6) is 0. The number of anilines is 3. The van der Waals surface area contributed by atoms with Crippen LogP contribution in [0.1, 0.15) is 0 Å². The van der Waals surface area contributed by atoms with Crippen molar-refractivity contribution in [2.75, 3.05) is 4.90 Å². The van der Waals surface area contributed by atoms with Crippen LogP contribution in [0, 0.1) is 0 Å². The summed E-state index contributed by atoms with van der Waals surface area (Å²) in [5, 5.41) is 6.16. The van der Waals surface area contributed by atoms with E-state index in [4.69, 9.17) is 4.42 Å². The number of nitrogens with zero attached hydrogens (tertiary/aromatic N) is 1. The summed E-state index contributed by atoms with van der Waals surface area (Å²) in [6.45, 7) is 7.20. The third-order valence-corrected chi connectivity index (χ3v) is 11.1. The van der Waals surface area contributed by atoms with Gasteiger partial charge in [-0.1, -0.05) is 140 Å². The Kier molecular flexibility index (Phi) is 6.85. The molecule has 0 saturated heterocycles. The van der Waals surface area contributed by atoms with E-state index < -0.39 is 8.07 Å². The molecule has 0 radical (unpaired) electrons. The van der Waals surface area contributed by atoms with E-state index >= 15 is 0 Å². The fourth-order valence-electron chi connectivity index (χ4n) is 6.65. The maximum Gasteiger partial charge on any atom is 0.143 e. The Morgan fingerprint density at radius 2 is 1.15 bits per heavy atom. The molecule has 8 aromatic rings. The number of benzene rings is 7. The van der Waals surface area contributed by atoms with Crippen LogP contribution in [0.3, 0.4) is 0 Å². The zero-order chi connectivity index (χ0) is 31.3. The molecule has 2 nitrogen and oxygen atoms in total. The van der Waals surface area contributed by atoms with Crippen LogP contribution in [0.4, 0.5) is 17.1 Å². The monoisotopic (exact) mass is 609 g/mol. The fraction of sp³-hybridized carbons (Fsp3) is 0.0698. The molecule has 1 aromatic heterocycles. The van der Waals surface area contributed by atoms with Crippen molar-refractivity contribution in [2.24, 2.45) is 0 Å². The fourth-order valence-corrected chi connectivity index (χ4v) is 7.81. The first-order chi connectivity index (χ1) is 22.5. The summed E-state index contributed by atoms with van der Waals surface area (Å²) in [7, 11) is -1.46. The van der Waals surface area contributed by atoms with Gasteiger partial charge in [0.2, 0.25) is 0 Å². The van der Waals surface area contributed by atoms with Crippen LogP contribution in [0.15, 0.2) is 162 Å². The Morgan fingerprint density at radius 1 is 0.500 bits per heavy atom. The molecule has 222 valence electrons. The maximum absolute atomic E-state index is 6.65. The van der Waals surface area contributed by atoms with Crippen LogP contribution in [0.5, 0.6) is 0 Å². The van der Waals surface area contributed by atoms with Gasteiger partial charge in [-0.05, 0) is 64.4 Å². The topological polar surface area (TPSA) is 16.4 Å². The van der Waals surface area contributed by atoms with Gasteiger partial charge >= 0.3 is 0 Å². The van der Waals surface area contributed by atoms with Crippen LogP contribution in [-0.2, 0) is 0 Å². The molecule has 46 heavy (non-hydrogen) atoms. The molecule has 0 atom stereocenters. The van der Waals surface area contributed by atoms with E-state index in [1.165, 1.54) is 16.0 Å². The summed E-state index contributed by atoms with van der Waals surface area (Å²) in [6.07, 6.45) is 0. The molecule has 0 fully saturated rings. The van der Waals surface area contributed by atoms with Gasteiger partial charge in [-0.3, -0.25) is 0 Å². The molecule has 0 saturated carbocycles. The van der Waals surface area contributed by atoms with Crippen molar-refractivity contribution in [3.05, 3.63) is 158 Å². The number of fused-ring (bicyclic) bond motifs is 4. The van der Waals surface area contributed by atoms with E-state index in [1.54, 1.807) is 0 Å². The molecule has 0 unspecified atom stereocenters. The zero-order valence-electron chi connectivity index (χ0n) is 26.4. The largest absolute Gasteiger partial charge is 0.455 e. The molecule has 0 amide bonds. The van der Waals surface area contributed by atoms with Crippen LogP contribution in [0.25, 0.3) is 55.0 Å². The van der Waals surface area contributed by atoms with Gasteiger partial charge in [0, 0.05) is 33.3 Å². The van der Waals surface area contributed by atoms with Crippen molar-refractivity contribution < 1.29 is 4.42 Å². The smallest absolute Gasteiger partial charge is 0.143 e. The van der Waals surface area contributed by atoms with E-state index in [2.05, 4.69) is 176 Å². The Bertz CT molecular complexity index is 2350. The van der Waals surface area contributed by atoms with Gasteiger partial charge in [0.05, 0.1) is 13.8 Å². The highest BCUT2D eigenvalue weighted by Gasteiger charge is 2.23. The highest BCUT2D eigenvalue weighted by molar-refractivity contribution is 6.88. The Labute approximate surface area is 271 Å². The molecule has 0 aliphatic heterocycles. The molecule has 1 heterocycles. The number of para-hydroxylation sites is 2. The molecule has 0 aliphatic rings. The lowest BCUT2D eigenvalue weighted by molar-refractivity contribution is 0.670. The highest BCUT2D eigenvalue weighted by Crippen LogP contribution is 2.47. The second-order valence-electron chi connectivity index (χ2n) is 13.0. The van der Waals surface area contributed by atoms with Gasteiger partial charge in [-0.2, -0.15) is 0 Å². The maximum atomic E-state index is 6.65. The first-order valence-corrected chi connectivity index (χ1v) is 19.4. The van der Waals surface area contributed by atoms with Gasteiger partial charge in [0.25, 0.3) is 0 Å². The van der Waals surface area contributed by atoms with Gasteiger partial charge in [0.1, 0.15) is 11.2 Å². The van der Waals surface area contributed by atoms with E-state index in [-0.39, 0.29) is 0 Å². The second kappa shape index (κ2) is 11.2. The minimum absolute atomic E-state index is 0.896. The van der Waals surface area contributed by atoms with Gasteiger partial charge in [-0.15, -0.1) is 0 Å². The highest BCUT2D eigenvalue weighted by atomic mass is 28.3. The van der Waals surface area contributed by atoms with Crippen LogP contribution in [0.2, 0.25) is 19.6 Å².